The van der Waals surface area contributed by atoms with Gasteiger partial charge in [-0.2, -0.15) is 0 Å². The van der Waals surface area contributed by atoms with Crippen LogP contribution in [0, 0.1) is 5.41 Å². The summed E-state index contributed by atoms with van der Waals surface area (Å²) in [6, 6.07) is 17.6. The standard InChI is InChI=1S/C33H43N3O4S/c1-5-6-17-33(2,3)32(38)40-24-36(4,20-18-34-28-10-9-11-30-27(28)16-22-41-30)19-7-8-21-39-26-14-12-25-13-15-31(37)35-29(25)23-26/h9-16,22-23,34H,5-8,17-21,24H2,1-4H3/p+1. The first-order chi connectivity index (χ1) is 19.7. The molecule has 7 nitrogen and oxygen atoms in total. The zero-order chi connectivity index (χ0) is 29.3. The highest BCUT2D eigenvalue weighted by molar-refractivity contribution is 7.17. The zero-order valence-electron chi connectivity index (χ0n) is 24.8. The summed E-state index contributed by atoms with van der Waals surface area (Å²) in [5.74, 6) is 0.621. The number of hydrogen-bond donors (Lipinski definition) is 2. The van der Waals surface area contributed by atoms with E-state index in [0.29, 0.717) is 17.8 Å². The predicted octanol–water partition coefficient (Wildman–Crippen LogP) is 7.18. The van der Waals surface area contributed by atoms with E-state index in [0.717, 1.165) is 74.1 Å². The van der Waals surface area contributed by atoms with E-state index in [4.69, 9.17) is 9.47 Å². The Bertz CT molecular complexity index is 1490. The van der Waals surface area contributed by atoms with Crippen molar-refractivity contribution in [2.45, 2.75) is 52.9 Å². The number of carbonyl (C=O) groups is 1. The maximum absolute atomic E-state index is 13.0. The van der Waals surface area contributed by atoms with Crippen LogP contribution in [0.5, 0.6) is 5.75 Å². The third-order valence-electron chi connectivity index (χ3n) is 7.74. The van der Waals surface area contributed by atoms with Crippen molar-refractivity contribution >= 4 is 44.0 Å². The molecule has 2 aromatic carbocycles. The second-order valence-corrected chi connectivity index (χ2v) is 12.8. The number of H-pyrrole nitrogens is 1. The first kappa shape index (κ1) is 30.6. The average Bonchev–Trinajstić information content (AvgIpc) is 3.44. The molecule has 41 heavy (non-hydrogen) atoms. The maximum Gasteiger partial charge on any atom is 0.315 e. The molecule has 2 heterocycles. The van der Waals surface area contributed by atoms with Crippen LogP contribution in [0.25, 0.3) is 21.0 Å². The lowest BCUT2D eigenvalue weighted by Crippen LogP contribution is -2.50. The fraction of sp³-hybridized carbons (Fsp3) is 0.455. The SMILES string of the molecule is CCCCC(C)(C)C(=O)OC[N+](C)(CCCCOc1ccc2ccc(=O)[nH]c2c1)CCNc1cccc2sccc12. The number of thiophene rings is 1. The number of rotatable bonds is 16. The molecule has 0 bridgehead atoms. The number of nitrogens with zero attached hydrogens (tertiary/aromatic N) is 1. The van der Waals surface area contributed by atoms with E-state index < -0.39 is 5.41 Å². The van der Waals surface area contributed by atoms with E-state index in [1.165, 1.54) is 16.2 Å². The van der Waals surface area contributed by atoms with Crippen molar-refractivity contribution in [3.8, 4) is 5.75 Å². The molecule has 2 aromatic heterocycles. The van der Waals surface area contributed by atoms with Crippen molar-refractivity contribution in [2.24, 2.45) is 5.41 Å². The van der Waals surface area contributed by atoms with E-state index in [2.05, 4.69) is 53.9 Å². The minimum absolute atomic E-state index is 0.121. The molecule has 0 aliphatic rings. The van der Waals surface area contributed by atoms with Crippen LogP contribution in [0.1, 0.15) is 52.9 Å². The number of likely N-dealkylation sites (N-methyl/N-ethyl adjacent to an activating group) is 1. The number of quaternary nitrogens is 1. The summed E-state index contributed by atoms with van der Waals surface area (Å²) in [6.45, 7) is 9.49. The second kappa shape index (κ2) is 14.0. The third-order valence-corrected chi connectivity index (χ3v) is 8.62. The summed E-state index contributed by atoms with van der Waals surface area (Å²) in [4.78, 5) is 27.5. The summed E-state index contributed by atoms with van der Waals surface area (Å²) in [5, 5.41) is 7.95. The van der Waals surface area contributed by atoms with Gasteiger partial charge in [-0.05, 0) is 80.3 Å². The molecule has 0 saturated carbocycles. The molecule has 0 spiro atoms. The number of nitrogens with one attached hydrogen (secondary N) is 2. The van der Waals surface area contributed by atoms with Gasteiger partial charge >= 0.3 is 5.97 Å². The molecule has 0 fully saturated rings. The molecule has 2 N–H and O–H groups in total. The Morgan fingerprint density at radius 2 is 1.88 bits per heavy atom. The summed E-state index contributed by atoms with van der Waals surface area (Å²) in [5.41, 5.74) is 1.31. The maximum atomic E-state index is 13.0. The van der Waals surface area contributed by atoms with E-state index in [1.807, 2.05) is 38.1 Å². The number of hydrogen-bond acceptors (Lipinski definition) is 6. The van der Waals surface area contributed by atoms with Gasteiger partial charge in [-0.25, -0.2) is 0 Å². The molecule has 0 amide bonds. The summed E-state index contributed by atoms with van der Waals surface area (Å²) < 4.78 is 13.8. The van der Waals surface area contributed by atoms with Crippen LogP contribution in [-0.2, 0) is 9.53 Å². The van der Waals surface area contributed by atoms with E-state index in [1.54, 1.807) is 11.3 Å². The molecule has 0 saturated heterocycles. The van der Waals surface area contributed by atoms with Crippen LogP contribution in [0.4, 0.5) is 5.69 Å². The van der Waals surface area contributed by atoms with Gasteiger partial charge in [0, 0.05) is 27.9 Å². The smallest absolute Gasteiger partial charge is 0.315 e. The van der Waals surface area contributed by atoms with Gasteiger partial charge in [0.2, 0.25) is 12.3 Å². The Morgan fingerprint density at radius 1 is 1.05 bits per heavy atom. The van der Waals surface area contributed by atoms with Gasteiger partial charge in [0.1, 0.15) is 5.75 Å². The lowest BCUT2D eigenvalue weighted by molar-refractivity contribution is -0.924. The second-order valence-electron chi connectivity index (χ2n) is 11.8. The minimum Gasteiger partial charge on any atom is -0.494 e. The van der Waals surface area contributed by atoms with Gasteiger partial charge < -0.3 is 19.8 Å². The van der Waals surface area contributed by atoms with Gasteiger partial charge in [0.05, 0.1) is 44.2 Å². The average molecular weight is 579 g/mol. The number of fused-ring (bicyclic) bond motifs is 2. The van der Waals surface area contributed by atoms with Crippen molar-refractivity contribution in [1.82, 2.24) is 4.98 Å². The van der Waals surface area contributed by atoms with Crippen LogP contribution in [0.15, 0.2) is 64.8 Å². The van der Waals surface area contributed by atoms with Crippen molar-refractivity contribution < 1.29 is 18.8 Å². The van der Waals surface area contributed by atoms with E-state index in [9.17, 15) is 9.59 Å². The predicted molar refractivity (Wildman–Crippen MR) is 170 cm³/mol. The van der Waals surface area contributed by atoms with Crippen LogP contribution >= 0.6 is 11.3 Å². The quantitative estimate of drug-likeness (QED) is 0.0637. The van der Waals surface area contributed by atoms with Gasteiger partial charge in [-0.3, -0.25) is 14.1 Å². The molecule has 8 heteroatoms. The molecule has 0 radical (unpaired) electrons. The number of aromatic amines is 1. The number of unbranched alkanes of at least 4 members (excludes halogenated alkanes) is 2. The molecule has 0 aliphatic carbocycles. The van der Waals surface area contributed by atoms with Gasteiger partial charge in [0.25, 0.3) is 0 Å². The largest absolute Gasteiger partial charge is 0.494 e. The number of esters is 1. The number of anilines is 1. The number of ether oxygens (including phenoxy) is 2. The van der Waals surface area contributed by atoms with E-state index in [-0.39, 0.29) is 11.5 Å². The minimum atomic E-state index is -0.480. The fourth-order valence-corrected chi connectivity index (χ4v) is 5.80. The first-order valence-corrected chi connectivity index (χ1v) is 15.5. The van der Waals surface area contributed by atoms with Gasteiger partial charge in [0.15, 0.2) is 0 Å². The lowest BCUT2D eigenvalue weighted by atomic mass is 9.87. The normalized spacial score (nSPS) is 13.3. The Morgan fingerprint density at radius 3 is 2.71 bits per heavy atom. The van der Waals surface area contributed by atoms with Crippen LogP contribution in [-0.4, -0.2) is 55.5 Å². The van der Waals surface area contributed by atoms with Crippen molar-refractivity contribution in [3.63, 3.8) is 0 Å². The Hall–Kier alpha value is -3.36. The Kier molecular flexibility index (Phi) is 10.5. The van der Waals surface area contributed by atoms with E-state index >= 15 is 0 Å². The summed E-state index contributed by atoms with van der Waals surface area (Å²) in [7, 11) is 2.17. The molecule has 1 unspecified atom stereocenters. The third kappa shape index (κ3) is 8.57. The summed E-state index contributed by atoms with van der Waals surface area (Å²) in [6.07, 6.45) is 4.70. The lowest BCUT2D eigenvalue weighted by Gasteiger charge is -2.35. The number of benzene rings is 2. The Labute approximate surface area is 247 Å². The molecule has 1 atom stereocenters. The van der Waals surface area contributed by atoms with Gasteiger partial charge in [-0.1, -0.05) is 25.8 Å². The fourth-order valence-electron chi connectivity index (χ4n) is 4.98. The number of pyridine rings is 1. The topological polar surface area (TPSA) is 80.4 Å². The van der Waals surface area contributed by atoms with Gasteiger partial charge in [-0.15, -0.1) is 11.3 Å². The number of aromatic nitrogens is 1. The molecule has 220 valence electrons. The van der Waals surface area contributed by atoms with Crippen LogP contribution in [0.2, 0.25) is 0 Å². The summed E-state index contributed by atoms with van der Waals surface area (Å²) >= 11 is 1.75. The van der Waals surface area contributed by atoms with Crippen molar-refractivity contribution in [3.05, 3.63) is 70.3 Å². The zero-order valence-corrected chi connectivity index (χ0v) is 25.6. The molecule has 4 rings (SSSR count). The Balaban J connectivity index is 1.32. The van der Waals surface area contributed by atoms with Crippen molar-refractivity contribution in [2.75, 3.05) is 45.3 Å². The molecular formula is C33H44N3O4S+. The monoisotopic (exact) mass is 578 g/mol. The van der Waals surface area contributed by atoms with Crippen molar-refractivity contribution in [1.29, 1.82) is 0 Å². The highest BCUT2D eigenvalue weighted by atomic mass is 32.1. The highest BCUT2D eigenvalue weighted by Crippen LogP contribution is 2.28. The van der Waals surface area contributed by atoms with Crippen LogP contribution < -0.4 is 15.6 Å². The van der Waals surface area contributed by atoms with Crippen LogP contribution in [0.3, 0.4) is 0 Å². The first-order valence-electron chi connectivity index (χ1n) is 14.7. The molecular weight excluding hydrogens is 534 g/mol. The number of carbonyl (C=O) groups excluding carboxylic acids is 1. The highest BCUT2D eigenvalue weighted by Gasteiger charge is 2.31. The molecule has 0 aliphatic heterocycles. The molecule has 4 aromatic rings.